The molecule has 0 aliphatic carbocycles. The van der Waals surface area contributed by atoms with E-state index >= 15 is 0 Å². The molecule has 17 heavy (non-hydrogen) atoms. The van der Waals surface area contributed by atoms with E-state index in [4.69, 9.17) is 4.42 Å². The average Bonchev–Trinajstić information content (AvgIpc) is 2.76. The number of hydrogen-bond acceptors (Lipinski definition) is 3. The van der Waals surface area contributed by atoms with E-state index in [1.165, 1.54) is 6.26 Å². The molecule has 0 aromatic carbocycles. The van der Waals surface area contributed by atoms with Crippen LogP contribution in [0, 0.1) is 5.92 Å². The van der Waals surface area contributed by atoms with E-state index in [1.807, 2.05) is 13.8 Å². The van der Waals surface area contributed by atoms with Gasteiger partial charge >= 0.3 is 0 Å². The Labute approximate surface area is 101 Å². The lowest BCUT2D eigenvalue weighted by atomic mass is 10.2. The van der Waals surface area contributed by atoms with Crippen molar-refractivity contribution >= 4 is 11.8 Å². The first-order chi connectivity index (χ1) is 8.08. The van der Waals surface area contributed by atoms with Gasteiger partial charge in [-0.05, 0) is 18.1 Å². The molecule has 0 unspecified atom stereocenters. The van der Waals surface area contributed by atoms with Gasteiger partial charge in [-0.15, -0.1) is 0 Å². The van der Waals surface area contributed by atoms with Gasteiger partial charge in [-0.3, -0.25) is 9.59 Å². The van der Waals surface area contributed by atoms with Crippen LogP contribution in [0.1, 0.15) is 26.0 Å². The van der Waals surface area contributed by atoms with Crippen LogP contribution in [0.3, 0.4) is 0 Å². The minimum atomic E-state index is -0.303. The molecule has 1 aromatic heterocycles. The van der Waals surface area contributed by atoms with E-state index in [9.17, 15) is 9.59 Å². The van der Waals surface area contributed by atoms with E-state index in [0.717, 1.165) is 0 Å². The SMILES string of the molecule is CC(C)CNC(=O)CC(=O)NCc1ccco1. The van der Waals surface area contributed by atoms with Crippen LogP contribution in [0.4, 0.5) is 0 Å². The molecule has 0 atom stereocenters. The lowest BCUT2D eigenvalue weighted by Gasteiger charge is -2.07. The van der Waals surface area contributed by atoms with Crippen molar-refractivity contribution in [1.82, 2.24) is 10.6 Å². The minimum Gasteiger partial charge on any atom is -0.467 e. The summed E-state index contributed by atoms with van der Waals surface area (Å²) in [5, 5.41) is 5.29. The standard InChI is InChI=1S/C12H18N2O3/c1-9(2)7-13-11(15)6-12(16)14-8-10-4-3-5-17-10/h3-5,9H,6-8H2,1-2H3,(H,13,15)(H,14,16). The highest BCUT2D eigenvalue weighted by atomic mass is 16.3. The van der Waals surface area contributed by atoms with Crippen LogP contribution in [0.5, 0.6) is 0 Å². The van der Waals surface area contributed by atoms with Gasteiger partial charge in [0.1, 0.15) is 12.2 Å². The van der Waals surface area contributed by atoms with Gasteiger partial charge in [-0.1, -0.05) is 13.8 Å². The van der Waals surface area contributed by atoms with Crippen LogP contribution in [-0.2, 0) is 16.1 Å². The second kappa shape index (κ2) is 6.73. The van der Waals surface area contributed by atoms with Crippen molar-refractivity contribution in [3.05, 3.63) is 24.2 Å². The Bertz CT molecular complexity index is 358. The quantitative estimate of drug-likeness (QED) is 0.728. The highest BCUT2D eigenvalue weighted by Crippen LogP contribution is 1.98. The van der Waals surface area contributed by atoms with Crippen molar-refractivity contribution in [3.63, 3.8) is 0 Å². The van der Waals surface area contributed by atoms with Crippen molar-refractivity contribution in [2.24, 2.45) is 5.92 Å². The largest absolute Gasteiger partial charge is 0.467 e. The van der Waals surface area contributed by atoms with E-state index in [1.54, 1.807) is 12.1 Å². The van der Waals surface area contributed by atoms with Crippen LogP contribution in [0.2, 0.25) is 0 Å². The van der Waals surface area contributed by atoms with Crippen LogP contribution >= 0.6 is 0 Å². The first-order valence-corrected chi connectivity index (χ1v) is 5.63. The summed E-state index contributed by atoms with van der Waals surface area (Å²) < 4.78 is 5.05. The second-order valence-corrected chi connectivity index (χ2v) is 4.23. The monoisotopic (exact) mass is 238 g/mol. The summed E-state index contributed by atoms with van der Waals surface area (Å²) in [7, 11) is 0. The fraction of sp³-hybridized carbons (Fsp3) is 0.500. The summed E-state index contributed by atoms with van der Waals surface area (Å²) in [6.45, 7) is 4.89. The van der Waals surface area contributed by atoms with Crippen molar-refractivity contribution in [1.29, 1.82) is 0 Å². The van der Waals surface area contributed by atoms with Gasteiger partial charge in [0.05, 0.1) is 12.8 Å². The second-order valence-electron chi connectivity index (χ2n) is 4.23. The fourth-order valence-electron chi connectivity index (χ4n) is 1.19. The molecule has 0 aliphatic rings. The van der Waals surface area contributed by atoms with Gasteiger partial charge in [0.25, 0.3) is 0 Å². The van der Waals surface area contributed by atoms with Gasteiger partial charge in [0.2, 0.25) is 11.8 Å². The molecule has 0 radical (unpaired) electrons. The molecule has 0 saturated heterocycles. The summed E-state index contributed by atoms with van der Waals surface area (Å²) in [4.78, 5) is 22.7. The Morgan fingerprint density at radius 1 is 1.29 bits per heavy atom. The summed E-state index contributed by atoms with van der Waals surface area (Å²) >= 11 is 0. The topological polar surface area (TPSA) is 71.3 Å². The lowest BCUT2D eigenvalue weighted by Crippen LogP contribution is -2.33. The van der Waals surface area contributed by atoms with Crippen LogP contribution < -0.4 is 10.6 Å². The molecule has 5 nitrogen and oxygen atoms in total. The highest BCUT2D eigenvalue weighted by Gasteiger charge is 2.09. The predicted molar refractivity (Wildman–Crippen MR) is 63.0 cm³/mol. The maximum atomic E-state index is 11.4. The smallest absolute Gasteiger partial charge is 0.229 e. The maximum absolute atomic E-state index is 11.4. The minimum absolute atomic E-state index is 0.145. The number of furan rings is 1. The Kier molecular flexibility index (Phi) is 5.26. The highest BCUT2D eigenvalue weighted by molar-refractivity contribution is 5.96. The third-order valence-electron chi connectivity index (χ3n) is 2.07. The van der Waals surface area contributed by atoms with Crippen molar-refractivity contribution in [2.45, 2.75) is 26.8 Å². The molecule has 0 spiro atoms. The Morgan fingerprint density at radius 2 is 2.00 bits per heavy atom. The van der Waals surface area contributed by atoms with E-state index in [-0.39, 0.29) is 18.2 Å². The number of hydrogen-bond donors (Lipinski definition) is 2. The molecule has 0 aliphatic heterocycles. The van der Waals surface area contributed by atoms with E-state index in [0.29, 0.717) is 24.8 Å². The van der Waals surface area contributed by atoms with E-state index < -0.39 is 0 Å². The molecule has 2 N–H and O–H groups in total. The Balaban J connectivity index is 2.18. The number of rotatable bonds is 6. The predicted octanol–water partition coefficient (Wildman–Crippen LogP) is 1.06. The zero-order chi connectivity index (χ0) is 12.7. The first-order valence-electron chi connectivity index (χ1n) is 5.63. The van der Waals surface area contributed by atoms with Gasteiger partial charge in [0, 0.05) is 6.54 Å². The Hall–Kier alpha value is -1.78. The average molecular weight is 238 g/mol. The molecule has 0 fully saturated rings. The molecule has 2 amide bonds. The van der Waals surface area contributed by atoms with Crippen LogP contribution in [-0.4, -0.2) is 18.4 Å². The van der Waals surface area contributed by atoms with Crippen molar-refractivity contribution in [2.75, 3.05) is 6.54 Å². The third-order valence-corrected chi connectivity index (χ3v) is 2.07. The zero-order valence-corrected chi connectivity index (χ0v) is 10.2. The molecule has 0 saturated carbocycles. The summed E-state index contributed by atoms with van der Waals surface area (Å²) in [5.41, 5.74) is 0. The number of carbonyl (C=O) groups is 2. The molecule has 1 rings (SSSR count). The summed E-state index contributed by atoms with van der Waals surface area (Å²) in [6.07, 6.45) is 1.39. The lowest BCUT2D eigenvalue weighted by molar-refractivity contribution is -0.129. The molecule has 5 heteroatoms. The number of amides is 2. The third kappa shape index (κ3) is 5.75. The molecular weight excluding hydrogens is 220 g/mol. The van der Waals surface area contributed by atoms with Crippen molar-refractivity contribution < 1.29 is 14.0 Å². The van der Waals surface area contributed by atoms with Crippen molar-refractivity contribution in [3.8, 4) is 0 Å². The molecule has 94 valence electrons. The summed E-state index contributed by atoms with van der Waals surface area (Å²) in [5.74, 6) is 0.490. The van der Waals surface area contributed by atoms with Crippen LogP contribution in [0.25, 0.3) is 0 Å². The summed E-state index contributed by atoms with van der Waals surface area (Å²) in [6, 6.07) is 3.51. The molecule has 1 heterocycles. The number of nitrogens with one attached hydrogen (secondary N) is 2. The Morgan fingerprint density at radius 3 is 2.59 bits per heavy atom. The molecule has 0 bridgehead atoms. The van der Waals surface area contributed by atoms with E-state index in [2.05, 4.69) is 10.6 Å². The van der Waals surface area contributed by atoms with Gasteiger partial charge in [-0.2, -0.15) is 0 Å². The van der Waals surface area contributed by atoms with Crippen LogP contribution in [0.15, 0.2) is 22.8 Å². The normalized spacial score (nSPS) is 10.3. The van der Waals surface area contributed by atoms with Gasteiger partial charge in [-0.25, -0.2) is 0 Å². The number of carbonyl (C=O) groups excluding carboxylic acids is 2. The fourth-order valence-corrected chi connectivity index (χ4v) is 1.19. The van der Waals surface area contributed by atoms with Gasteiger partial charge < -0.3 is 15.1 Å². The van der Waals surface area contributed by atoms with Gasteiger partial charge in [0.15, 0.2) is 0 Å². The molecule has 1 aromatic rings. The molecular formula is C12H18N2O3. The zero-order valence-electron chi connectivity index (χ0n) is 10.2. The maximum Gasteiger partial charge on any atom is 0.229 e. The first kappa shape index (κ1) is 13.3.